The summed E-state index contributed by atoms with van der Waals surface area (Å²) in [5, 5.41) is 8.92. The Hall–Kier alpha value is -3.11. The molecular formula is C17H8F5N3O3S2. The van der Waals surface area contributed by atoms with E-state index in [1.165, 1.54) is 6.07 Å². The van der Waals surface area contributed by atoms with Crippen molar-refractivity contribution < 1.29 is 35.1 Å². The molecule has 0 N–H and O–H groups in total. The minimum Gasteiger partial charge on any atom is -0.454 e. The average molecular weight is 461 g/mol. The standard InChI is InChI=1S/C17H8F5N3O3S2/c18-12-5-15(30(26,27)7-16-24-8-25-29-16)13(19)4-14(12)28-11-2-9(6-23)1-10(3-11)17(20,21)22/h1-5,8H,7H2. The van der Waals surface area contributed by atoms with Crippen molar-refractivity contribution in [2.75, 3.05) is 0 Å². The summed E-state index contributed by atoms with van der Waals surface area (Å²) >= 11 is 0.767. The number of aromatic nitrogens is 2. The number of hydrogen-bond donors (Lipinski definition) is 0. The molecule has 0 atom stereocenters. The zero-order chi connectivity index (χ0) is 22.1. The zero-order valence-electron chi connectivity index (χ0n) is 14.4. The van der Waals surface area contributed by atoms with Crippen LogP contribution in [-0.4, -0.2) is 17.8 Å². The van der Waals surface area contributed by atoms with Crippen molar-refractivity contribution in [3.8, 4) is 17.6 Å². The van der Waals surface area contributed by atoms with E-state index >= 15 is 0 Å². The summed E-state index contributed by atoms with van der Waals surface area (Å²) < 4.78 is 101. The van der Waals surface area contributed by atoms with Crippen LogP contribution in [0.5, 0.6) is 11.5 Å². The Morgan fingerprint density at radius 2 is 1.83 bits per heavy atom. The van der Waals surface area contributed by atoms with Gasteiger partial charge in [-0.15, -0.1) is 0 Å². The summed E-state index contributed by atoms with van der Waals surface area (Å²) in [4.78, 5) is 2.70. The quantitative estimate of drug-likeness (QED) is 0.521. The molecule has 3 aromatic rings. The summed E-state index contributed by atoms with van der Waals surface area (Å²) in [6.45, 7) is 0. The second kappa shape index (κ2) is 7.96. The van der Waals surface area contributed by atoms with Gasteiger partial charge in [-0.25, -0.2) is 22.2 Å². The van der Waals surface area contributed by atoms with E-state index in [1.54, 1.807) is 0 Å². The van der Waals surface area contributed by atoms with E-state index in [4.69, 9.17) is 10.00 Å². The molecule has 0 aliphatic heterocycles. The lowest BCUT2D eigenvalue weighted by Crippen LogP contribution is -2.08. The molecule has 0 spiro atoms. The number of hydrogen-bond acceptors (Lipinski definition) is 7. The summed E-state index contributed by atoms with van der Waals surface area (Å²) in [6.07, 6.45) is -3.70. The Bertz CT molecular complexity index is 1240. The Morgan fingerprint density at radius 3 is 2.43 bits per heavy atom. The van der Waals surface area contributed by atoms with E-state index in [0.29, 0.717) is 24.3 Å². The summed E-state index contributed by atoms with van der Waals surface area (Å²) in [6, 6.07) is 4.22. The number of sulfone groups is 1. The second-order valence-corrected chi connectivity index (χ2v) is 8.59. The van der Waals surface area contributed by atoms with E-state index < -0.39 is 60.9 Å². The zero-order valence-corrected chi connectivity index (χ0v) is 16.1. The van der Waals surface area contributed by atoms with Crippen LogP contribution in [0, 0.1) is 23.0 Å². The predicted molar refractivity (Wildman–Crippen MR) is 93.4 cm³/mol. The largest absolute Gasteiger partial charge is 0.454 e. The topological polar surface area (TPSA) is 92.9 Å². The Labute approximate surface area is 170 Å². The molecule has 0 bridgehead atoms. The van der Waals surface area contributed by atoms with Crippen molar-refractivity contribution in [3.63, 3.8) is 0 Å². The van der Waals surface area contributed by atoms with Gasteiger partial charge in [-0.05, 0) is 35.8 Å². The molecule has 0 radical (unpaired) electrons. The summed E-state index contributed by atoms with van der Waals surface area (Å²) in [7, 11) is -4.32. The van der Waals surface area contributed by atoms with Crippen molar-refractivity contribution in [3.05, 3.63) is 64.4 Å². The number of rotatable bonds is 5. The molecule has 13 heteroatoms. The first-order valence-corrected chi connectivity index (χ1v) is 10.2. The van der Waals surface area contributed by atoms with Gasteiger partial charge in [-0.2, -0.15) is 22.8 Å². The maximum absolute atomic E-state index is 14.4. The lowest BCUT2D eigenvalue weighted by Gasteiger charge is -2.12. The number of benzene rings is 2. The second-order valence-electron chi connectivity index (χ2n) is 5.76. The maximum atomic E-state index is 14.4. The smallest absolute Gasteiger partial charge is 0.416 e. The van der Waals surface area contributed by atoms with Gasteiger partial charge in [0.05, 0.1) is 17.2 Å². The molecule has 6 nitrogen and oxygen atoms in total. The van der Waals surface area contributed by atoms with Crippen molar-refractivity contribution in [2.45, 2.75) is 16.8 Å². The normalized spacial score (nSPS) is 11.9. The third kappa shape index (κ3) is 4.71. The summed E-state index contributed by atoms with van der Waals surface area (Å²) in [5.41, 5.74) is -1.65. The molecule has 3 rings (SSSR count). The molecule has 0 saturated carbocycles. The third-order valence-electron chi connectivity index (χ3n) is 3.63. The van der Waals surface area contributed by atoms with Gasteiger partial charge in [0, 0.05) is 6.07 Å². The molecule has 156 valence electrons. The first-order valence-electron chi connectivity index (χ1n) is 7.77. The van der Waals surface area contributed by atoms with E-state index in [-0.39, 0.29) is 5.01 Å². The number of ether oxygens (including phenoxy) is 1. The third-order valence-corrected chi connectivity index (χ3v) is 6.11. The van der Waals surface area contributed by atoms with E-state index in [1.807, 2.05) is 0 Å². The molecular weight excluding hydrogens is 453 g/mol. The fraction of sp³-hybridized carbons (Fsp3) is 0.118. The number of nitriles is 1. The minimum absolute atomic E-state index is 0.0585. The fourth-order valence-corrected chi connectivity index (χ4v) is 4.52. The van der Waals surface area contributed by atoms with Gasteiger partial charge in [0.2, 0.25) is 0 Å². The van der Waals surface area contributed by atoms with E-state index in [9.17, 15) is 30.4 Å². The van der Waals surface area contributed by atoms with Gasteiger partial charge >= 0.3 is 6.18 Å². The molecule has 1 aromatic heterocycles. The van der Waals surface area contributed by atoms with Gasteiger partial charge in [-0.3, -0.25) is 0 Å². The molecule has 0 saturated heterocycles. The first kappa shape index (κ1) is 21.6. The SMILES string of the molecule is N#Cc1cc(Oc2cc(F)c(S(=O)(=O)Cc3ncns3)cc2F)cc(C(F)(F)F)c1. The molecule has 0 amide bonds. The van der Waals surface area contributed by atoms with Gasteiger partial charge < -0.3 is 4.74 Å². The molecule has 1 heterocycles. The fourth-order valence-electron chi connectivity index (χ4n) is 2.34. The Morgan fingerprint density at radius 1 is 1.10 bits per heavy atom. The van der Waals surface area contributed by atoms with Crippen LogP contribution in [0.4, 0.5) is 22.0 Å². The number of nitrogens with zero attached hydrogens (tertiary/aromatic N) is 3. The van der Waals surface area contributed by atoms with Crippen LogP contribution < -0.4 is 4.74 Å². The van der Waals surface area contributed by atoms with Crippen molar-refractivity contribution >= 4 is 21.4 Å². The average Bonchev–Trinajstić information content (AvgIpc) is 3.15. The first-order chi connectivity index (χ1) is 14.0. The molecule has 0 fully saturated rings. The van der Waals surface area contributed by atoms with Crippen LogP contribution in [0.3, 0.4) is 0 Å². The highest BCUT2D eigenvalue weighted by Gasteiger charge is 2.32. The molecule has 0 unspecified atom stereocenters. The van der Waals surface area contributed by atoms with Gasteiger partial charge in [0.15, 0.2) is 21.4 Å². The van der Waals surface area contributed by atoms with Crippen molar-refractivity contribution in [1.82, 2.24) is 9.36 Å². The Balaban J connectivity index is 1.96. The van der Waals surface area contributed by atoms with Gasteiger partial charge in [0.1, 0.15) is 33.6 Å². The summed E-state index contributed by atoms with van der Waals surface area (Å²) in [5.74, 6) is -4.85. The van der Waals surface area contributed by atoms with E-state index in [2.05, 4.69) is 9.36 Å². The van der Waals surface area contributed by atoms with Crippen molar-refractivity contribution in [2.24, 2.45) is 0 Å². The van der Waals surface area contributed by atoms with Crippen LogP contribution >= 0.6 is 11.5 Å². The van der Waals surface area contributed by atoms with Crippen LogP contribution in [0.25, 0.3) is 0 Å². The molecule has 30 heavy (non-hydrogen) atoms. The molecule has 0 aliphatic rings. The van der Waals surface area contributed by atoms with Gasteiger partial charge in [-0.1, -0.05) is 0 Å². The van der Waals surface area contributed by atoms with Gasteiger partial charge in [0.25, 0.3) is 0 Å². The predicted octanol–water partition coefficient (Wildman–Crippen LogP) is 4.47. The monoisotopic (exact) mass is 461 g/mol. The highest BCUT2D eigenvalue weighted by Crippen LogP contribution is 2.35. The lowest BCUT2D eigenvalue weighted by atomic mass is 10.1. The highest BCUT2D eigenvalue weighted by molar-refractivity contribution is 7.90. The molecule has 0 aliphatic carbocycles. The van der Waals surface area contributed by atoms with Crippen LogP contribution in [0.2, 0.25) is 0 Å². The van der Waals surface area contributed by atoms with Crippen molar-refractivity contribution in [1.29, 1.82) is 5.26 Å². The molecule has 2 aromatic carbocycles. The lowest BCUT2D eigenvalue weighted by molar-refractivity contribution is -0.137. The Kier molecular flexibility index (Phi) is 5.73. The number of alkyl halides is 3. The van der Waals surface area contributed by atoms with Crippen LogP contribution in [0.1, 0.15) is 16.1 Å². The van der Waals surface area contributed by atoms with Crippen LogP contribution in [0.15, 0.2) is 41.6 Å². The minimum atomic E-state index is -4.81. The van der Waals surface area contributed by atoms with E-state index in [0.717, 1.165) is 23.9 Å². The number of halogens is 5. The van der Waals surface area contributed by atoms with Crippen LogP contribution in [-0.2, 0) is 21.8 Å². The highest BCUT2D eigenvalue weighted by atomic mass is 32.2. The maximum Gasteiger partial charge on any atom is 0.416 e.